The van der Waals surface area contributed by atoms with Crippen LogP contribution in [0.3, 0.4) is 0 Å². The normalized spacial score (nSPS) is 17.7. The van der Waals surface area contributed by atoms with Gasteiger partial charge in [0.2, 0.25) is 5.91 Å². The van der Waals surface area contributed by atoms with Crippen molar-refractivity contribution in [1.82, 2.24) is 24.8 Å². The van der Waals surface area contributed by atoms with Crippen LogP contribution in [0, 0.1) is 0 Å². The van der Waals surface area contributed by atoms with E-state index >= 15 is 0 Å². The zero-order chi connectivity index (χ0) is 21.3. The average molecular weight is 419 g/mol. The second-order valence-electron chi connectivity index (χ2n) is 8.21. The van der Waals surface area contributed by atoms with Crippen LogP contribution in [0.5, 0.6) is 0 Å². The van der Waals surface area contributed by atoms with E-state index in [2.05, 4.69) is 15.5 Å². The van der Waals surface area contributed by atoms with Crippen molar-refractivity contribution in [3.8, 4) is 0 Å². The number of hydrogen-bond acceptors (Lipinski definition) is 5. The first-order valence-corrected chi connectivity index (χ1v) is 10.7. The van der Waals surface area contributed by atoms with Crippen molar-refractivity contribution in [3.63, 3.8) is 0 Å². The topological polar surface area (TPSA) is 88.8 Å². The molecule has 0 aliphatic carbocycles. The SMILES string of the molecule is O=C(CC1(N2Cc3ccccc3C2=O)CCOCC1)NCCc1nnc2ccccn12. The van der Waals surface area contributed by atoms with Gasteiger partial charge in [0.25, 0.3) is 5.91 Å². The average Bonchev–Trinajstić information content (AvgIpc) is 3.36. The maximum absolute atomic E-state index is 13.1. The highest BCUT2D eigenvalue weighted by atomic mass is 16.5. The van der Waals surface area contributed by atoms with Crippen LogP contribution >= 0.6 is 0 Å². The van der Waals surface area contributed by atoms with Gasteiger partial charge >= 0.3 is 0 Å². The first-order valence-electron chi connectivity index (χ1n) is 10.7. The van der Waals surface area contributed by atoms with Crippen LogP contribution in [0.15, 0.2) is 48.7 Å². The Balaban J connectivity index is 1.26. The predicted molar refractivity (Wildman–Crippen MR) is 113 cm³/mol. The van der Waals surface area contributed by atoms with Gasteiger partial charge in [-0.2, -0.15) is 0 Å². The Kier molecular flexibility index (Phi) is 5.15. The molecule has 0 radical (unpaired) electrons. The standard InChI is InChI=1S/C23H25N5O3/c29-21(24-11-8-20-26-25-19-7-3-4-12-27(19)20)15-23(9-13-31-14-10-23)28-16-17-5-1-2-6-18(17)22(28)30/h1-7,12H,8-11,13-16H2,(H,24,29). The molecule has 2 aliphatic heterocycles. The largest absolute Gasteiger partial charge is 0.381 e. The lowest BCUT2D eigenvalue weighted by Gasteiger charge is -2.44. The second kappa shape index (κ2) is 8.11. The fourth-order valence-corrected chi connectivity index (χ4v) is 4.67. The van der Waals surface area contributed by atoms with Crippen molar-refractivity contribution in [3.05, 3.63) is 65.6 Å². The van der Waals surface area contributed by atoms with E-state index in [1.165, 1.54) is 0 Å². The maximum atomic E-state index is 13.1. The summed E-state index contributed by atoms with van der Waals surface area (Å²) in [5.41, 5.74) is 2.04. The smallest absolute Gasteiger partial charge is 0.254 e. The second-order valence-corrected chi connectivity index (χ2v) is 8.21. The summed E-state index contributed by atoms with van der Waals surface area (Å²) in [4.78, 5) is 27.9. The Labute approximate surface area is 180 Å². The minimum atomic E-state index is -0.514. The number of benzene rings is 1. The van der Waals surface area contributed by atoms with E-state index in [1.54, 1.807) is 0 Å². The highest BCUT2D eigenvalue weighted by molar-refractivity contribution is 5.99. The van der Waals surface area contributed by atoms with E-state index in [1.807, 2.05) is 58.0 Å². The van der Waals surface area contributed by atoms with Crippen molar-refractivity contribution < 1.29 is 14.3 Å². The first-order chi connectivity index (χ1) is 15.2. The minimum Gasteiger partial charge on any atom is -0.381 e. The van der Waals surface area contributed by atoms with Crippen LogP contribution in [-0.4, -0.2) is 56.6 Å². The van der Waals surface area contributed by atoms with Gasteiger partial charge in [-0.15, -0.1) is 10.2 Å². The Morgan fingerprint density at radius 2 is 1.90 bits per heavy atom. The van der Waals surface area contributed by atoms with E-state index in [9.17, 15) is 9.59 Å². The lowest BCUT2D eigenvalue weighted by molar-refractivity contribution is -0.125. The van der Waals surface area contributed by atoms with Crippen molar-refractivity contribution in [1.29, 1.82) is 0 Å². The fraction of sp³-hybridized carbons (Fsp3) is 0.391. The van der Waals surface area contributed by atoms with Gasteiger partial charge in [0.1, 0.15) is 5.82 Å². The van der Waals surface area contributed by atoms with Gasteiger partial charge in [-0.05, 0) is 36.6 Å². The zero-order valence-electron chi connectivity index (χ0n) is 17.3. The molecule has 0 unspecified atom stereocenters. The predicted octanol–water partition coefficient (Wildman–Crippen LogP) is 1.98. The zero-order valence-corrected chi connectivity index (χ0v) is 17.3. The molecule has 3 aromatic rings. The quantitative estimate of drug-likeness (QED) is 0.660. The summed E-state index contributed by atoms with van der Waals surface area (Å²) in [6.07, 6.45) is 4.10. The molecule has 8 heteroatoms. The Hall–Kier alpha value is -3.26. The van der Waals surface area contributed by atoms with Crippen LogP contribution in [0.4, 0.5) is 0 Å². The van der Waals surface area contributed by atoms with Gasteiger partial charge < -0.3 is 15.0 Å². The number of nitrogens with one attached hydrogen (secondary N) is 1. The Morgan fingerprint density at radius 1 is 1.10 bits per heavy atom. The highest BCUT2D eigenvalue weighted by Gasteiger charge is 2.45. The minimum absolute atomic E-state index is 0.0141. The van der Waals surface area contributed by atoms with Crippen molar-refractivity contribution in [2.45, 2.75) is 37.8 Å². The monoisotopic (exact) mass is 419 g/mol. The van der Waals surface area contributed by atoms with Crippen molar-refractivity contribution in [2.24, 2.45) is 0 Å². The third-order valence-electron chi connectivity index (χ3n) is 6.36. The van der Waals surface area contributed by atoms with Gasteiger partial charge in [0.15, 0.2) is 5.65 Å². The molecule has 2 aromatic heterocycles. The van der Waals surface area contributed by atoms with Gasteiger partial charge in [-0.3, -0.25) is 14.0 Å². The molecule has 0 bridgehead atoms. The van der Waals surface area contributed by atoms with Gasteiger partial charge in [-0.1, -0.05) is 24.3 Å². The van der Waals surface area contributed by atoms with Crippen LogP contribution in [0.25, 0.3) is 5.65 Å². The molecular weight excluding hydrogens is 394 g/mol. The third-order valence-corrected chi connectivity index (χ3v) is 6.36. The fourth-order valence-electron chi connectivity index (χ4n) is 4.67. The van der Waals surface area contributed by atoms with Gasteiger partial charge in [0, 0.05) is 44.5 Å². The van der Waals surface area contributed by atoms with Crippen LogP contribution in [0.1, 0.15) is 41.0 Å². The third kappa shape index (κ3) is 3.67. The summed E-state index contributed by atoms with van der Waals surface area (Å²) in [5, 5.41) is 11.4. The molecule has 1 aromatic carbocycles. The molecular formula is C23H25N5O3. The summed E-state index contributed by atoms with van der Waals surface area (Å²) < 4.78 is 7.48. The van der Waals surface area contributed by atoms with Crippen molar-refractivity contribution in [2.75, 3.05) is 19.8 Å². The van der Waals surface area contributed by atoms with Crippen LogP contribution in [0.2, 0.25) is 0 Å². The lowest BCUT2D eigenvalue weighted by Crippen LogP contribution is -2.54. The molecule has 4 heterocycles. The van der Waals surface area contributed by atoms with Crippen LogP contribution in [-0.2, 0) is 22.5 Å². The number of rotatable bonds is 6. The van der Waals surface area contributed by atoms with Gasteiger partial charge in [0.05, 0.1) is 12.0 Å². The van der Waals surface area contributed by atoms with E-state index in [0.29, 0.717) is 45.6 Å². The molecule has 1 saturated heterocycles. The summed E-state index contributed by atoms with van der Waals surface area (Å²) in [6, 6.07) is 13.4. The van der Waals surface area contributed by atoms with Crippen LogP contribution < -0.4 is 5.32 Å². The molecule has 1 fully saturated rings. The van der Waals surface area contributed by atoms with E-state index < -0.39 is 5.54 Å². The number of pyridine rings is 1. The number of carbonyl (C=O) groups is 2. The highest BCUT2D eigenvalue weighted by Crippen LogP contribution is 2.37. The number of hydrogen-bond donors (Lipinski definition) is 1. The number of amides is 2. The maximum Gasteiger partial charge on any atom is 0.254 e. The molecule has 0 atom stereocenters. The Bertz CT molecular complexity index is 1120. The number of ether oxygens (including phenoxy) is 1. The summed E-state index contributed by atoms with van der Waals surface area (Å²) >= 11 is 0. The first kappa shape index (κ1) is 19.7. The number of carbonyl (C=O) groups excluding carboxylic acids is 2. The molecule has 0 saturated carbocycles. The lowest BCUT2D eigenvalue weighted by atomic mass is 9.84. The summed E-state index contributed by atoms with van der Waals surface area (Å²) in [5.74, 6) is 0.765. The molecule has 2 amide bonds. The number of nitrogens with zero attached hydrogens (tertiary/aromatic N) is 4. The Morgan fingerprint density at radius 3 is 2.74 bits per heavy atom. The van der Waals surface area contributed by atoms with Crippen molar-refractivity contribution >= 4 is 17.5 Å². The van der Waals surface area contributed by atoms with E-state index in [4.69, 9.17) is 4.74 Å². The number of fused-ring (bicyclic) bond motifs is 2. The molecule has 2 aliphatic rings. The van der Waals surface area contributed by atoms with Gasteiger partial charge in [-0.25, -0.2) is 0 Å². The molecule has 31 heavy (non-hydrogen) atoms. The summed E-state index contributed by atoms with van der Waals surface area (Å²) in [7, 11) is 0. The molecule has 0 spiro atoms. The molecule has 160 valence electrons. The summed E-state index contributed by atoms with van der Waals surface area (Å²) in [6.45, 7) is 2.13. The molecule has 5 rings (SSSR count). The van der Waals surface area contributed by atoms with E-state index in [0.717, 1.165) is 22.6 Å². The number of aromatic nitrogens is 3. The molecule has 8 nitrogen and oxygen atoms in total. The van der Waals surface area contributed by atoms with E-state index in [-0.39, 0.29) is 18.2 Å². The molecule has 1 N–H and O–H groups in total.